The van der Waals surface area contributed by atoms with Crippen molar-refractivity contribution in [3.63, 3.8) is 0 Å². The van der Waals surface area contributed by atoms with Crippen molar-refractivity contribution < 1.29 is 29.0 Å². The number of rotatable bonds is 7. The monoisotopic (exact) mass is 410 g/mol. The van der Waals surface area contributed by atoms with E-state index >= 15 is 0 Å². The fourth-order valence-corrected chi connectivity index (χ4v) is 5.34. The number of β-lactam (4-membered cyclic amide) rings is 1. The van der Waals surface area contributed by atoms with Crippen LogP contribution in [0, 0.1) is 0 Å². The molecule has 0 bridgehead atoms. The van der Waals surface area contributed by atoms with E-state index in [4.69, 9.17) is 4.74 Å². The minimum Gasteiger partial charge on any atom is -0.477 e. The predicted molar refractivity (Wildman–Crippen MR) is 99.0 cm³/mol. The lowest BCUT2D eigenvalue weighted by Gasteiger charge is -2.55. The fourth-order valence-electron chi connectivity index (χ4n) is 3.20. The molecule has 2 aliphatic rings. The minimum atomic E-state index is -1.61. The van der Waals surface area contributed by atoms with Crippen molar-refractivity contribution >= 4 is 46.7 Å². The average Bonchev–Trinajstić information content (AvgIpc) is 3.11. The van der Waals surface area contributed by atoms with Crippen LogP contribution in [0.4, 0.5) is 0 Å². The van der Waals surface area contributed by atoms with E-state index in [1.165, 1.54) is 37.1 Å². The number of thiophene rings is 1. The number of carboxylic acids is 1. The predicted octanol–water partition coefficient (Wildman–Crippen LogP) is 0.982. The summed E-state index contributed by atoms with van der Waals surface area (Å²) < 4.78 is 5.37. The maximum atomic E-state index is 12.8. The van der Waals surface area contributed by atoms with Crippen LogP contribution in [0.25, 0.3) is 0 Å². The van der Waals surface area contributed by atoms with Gasteiger partial charge >= 0.3 is 5.97 Å². The van der Waals surface area contributed by atoms with Crippen LogP contribution in [0.1, 0.15) is 18.2 Å². The summed E-state index contributed by atoms with van der Waals surface area (Å²) in [5, 5.41) is 13.3. The van der Waals surface area contributed by atoms with E-state index in [0.29, 0.717) is 5.57 Å². The highest BCUT2D eigenvalue weighted by atomic mass is 32.2. The molecule has 10 heteroatoms. The van der Waals surface area contributed by atoms with Gasteiger partial charge in [-0.15, -0.1) is 23.1 Å². The number of ether oxygens (including phenoxy) is 1. The summed E-state index contributed by atoms with van der Waals surface area (Å²) in [6.07, 6.45) is 0.0699. The van der Waals surface area contributed by atoms with Gasteiger partial charge in [0, 0.05) is 24.2 Å². The smallest absolute Gasteiger partial charge is 0.352 e. The number of nitrogens with zero attached hydrogens (tertiary/aromatic N) is 1. The van der Waals surface area contributed by atoms with Gasteiger partial charge in [-0.25, -0.2) is 4.79 Å². The molecule has 2 atom stereocenters. The first-order chi connectivity index (χ1) is 12.8. The number of carbonyl (C=O) groups excluding carboxylic acids is 3. The Labute approximate surface area is 163 Å². The first-order valence-corrected chi connectivity index (χ1v) is 10.0. The van der Waals surface area contributed by atoms with E-state index in [2.05, 4.69) is 5.32 Å². The molecule has 144 valence electrons. The lowest BCUT2D eigenvalue weighted by molar-refractivity contribution is -0.192. The van der Waals surface area contributed by atoms with Crippen molar-refractivity contribution in [2.45, 2.75) is 30.9 Å². The summed E-state index contributed by atoms with van der Waals surface area (Å²) in [4.78, 5) is 50.3. The number of nitrogens with one attached hydrogen (secondary N) is 1. The molecule has 27 heavy (non-hydrogen) atoms. The normalized spacial score (nSPS) is 24.3. The quantitative estimate of drug-likeness (QED) is 0.509. The van der Waals surface area contributed by atoms with Gasteiger partial charge in [-0.2, -0.15) is 0 Å². The number of Topliss-reactive ketones (excluding diaryl/α,β-unsaturated/α-hetero) is 1. The summed E-state index contributed by atoms with van der Waals surface area (Å²) in [5.74, 6) is -2.23. The van der Waals surface area contributed by atoms with Gasteiger partial charge in [0.15, 0.2) is 0 Å². The van der Waals surface area contributed by atoms with Crippen molar-refractivity contribution in [1.29, 1.82) is 0 Å². The third-order valence-electron chi connectivity index (χ3n) is 4.34. The van der Waals surface area contributed by atoms with Crippen molar-refractivity contribution in [3.05, 3.63) is 33.7 Å². The number of fused-ring (bicyclic) bond motifs is 1. The second-order valence-electron chi connectivity index (χ2n) is 6.22. The zero-order valence-electron chi connectivity index (χ0n) is 14.7. The number of carbonyl (C=O) groups is 4. The van der Waals surface area contributed by atoms with Crippen LogP contribution < -0.4 is 5.32 Å². The van der Waals surface area contributed by atoms with E-state index in [-0.39, 0.29) is 36.0 Å². The third kappa shape index (κ3) is 3.40. The maximum absolute atomic E-state index is 12.8. The number of ketones is 1. The molecule has 1 fully saturated rings. The highest BCUT2D eigenvalue weighted by Crippen LogP contribution is 2.47. The van der Waals surface area contributed by atoms with E-state index in [1.807, 2.05) is 17.5 Å². The molecule has 8 nitrogen and oxygen atoms in total. The zero-order chi connectivity index (χ0) is 19.8. The zero-order valence-corrected chi connectivity index (χ0v) is 16.3. The van der Waals surface area contributed by atoms with Crippen LogP contribution >= 0.6 is 23.1 Å². The fraction of sp³-hybridized carbons (Fsp3) is 0.412. The molecular weight excluding hydrogens is 392 g/mol. The first kappa shape index (κ1) is 19.6. The number of aliphatic carboxylic acids is 1. The molecule has 2 aliphatic heterocycles. The van der Waals surface area contributed by atoms with Crippen LogP contribution in [0.15, 0.2) is 28.8 Å². The van der Waals surface area contributed by atoms with Gasteiger partial charge in [0.05, 0.1) is 6.42 Å². The number of methoxy groups -OCH3 is 1. The summed E-state index contributed by atoms with van der Waals surface area (Å²) in [6, 6.07) is 3.64. The Morgan fingerprint density at radius 2 is 2.15 bits per heavy atom. The second kappa shape index (κ2) is 7.45. The van der Waals surface area contributed by atoms with Crippen molar-refractivity contribution in [3.8, 4) is 0 Å². The van der Waals surface area contributed by atoms with Crippen LogP contribution in [-0.2, 0) is 30.3 Å². The lowest BCUT2D eigenvalue weighted by atomic mass is 9.96. The Balaban J connectivity index is 1.84. The SMILES string of the molecule is CO[C@@]1(NC(=O)Cc2cccs2)C(=O)N2C(C(=O)O)=C(CC(C)=O)CSC21. The first-order valence-electron chi connectivity index (χ1n) is 8.08. The molecule has 3 heterocycles. The molecule has 0 aliphatic carbocycles. The molecule has 3 rings (SSSR count). The van der Waals surface area contributed by atoms with Crippen LogP contribution in [0.2, 0.25) is 0 Å². The van der Waals surface area contributed by atoms with Gasteiger partial charge in [0.1, 0.15) is 16.9 Å². The summed E-state index contributed by atoms with van der Waals surface area (Å²) in [6.45, 7) is 1.37. The number of hydrogen-bond acceptors (Lipinski definition) is 7. The van der Waals surface area contributed by atoms with Crippen LogP contribution in [0.5, 0.6) is 0 Å². The van der Waals surface area contributed by atoms with Gasteiger partial charge in [-0.1, -0.05) is 6.07 Å². The Morgan fingerprint density at radius 1 is 1.41 bits per heavy atom. The number of hydrogen-bond donors (Lipinski definition) is 2. The molecule has 0 aromatic carbocycles. The maximum Gasteiger partial charge on any atom is 0.352 e. The topological polar surface area (TPSA) is 113 Å². The van der Waals surface area contributed by atoms with Gasteiger partial charge < -0.3 is 15.2 Å². The van der Waals surface area contributed by atoms with E-state index < -0.39 is 23.0 Å². The second-order valence-corrected chi connectivity index (χ2v) is 8.32. The summed E-state index contributed by atoms with van der Waals surface area (Å²) in [5.41, 5.74) is -1.42. The van der Waals surface area contributed by atoms with Crippen LogP contribution in [0.3, 0.4) is 0 Å². The van der Waals surface area contributed by atoms with E-state index in [1.54, 1.807) is 0 Å². The van der Waals surface area contributed by atoms with Gasteiger partial charge in [-0.3, -0.25) is 19.3 Å². The highest BCUT2D eigenvalue weighted by molar-refractivity contribution is 8.00. The average molecular weight is 410 g/mol. The summed E-state index contributed by atoms with van der Waals surface area (Å²) in [7, 11) is 1.30. The molecule has 0 spiro atoms. The van der Waals surface area contributed by atoms with Gasteiger partial charge in [0.25, 0.3) is 11.6 Å². The molecule has 1 saturated heterocycles. The Hall–Kier alpha value is -2.17. The Morgan fingerprint density at radius 3 is 2.70 bits per heavy atom. The molecule has 2 amide bonds. The molecule has 0 radical (unpaired) electrons. The largest absolute Gasteiger partial charge is 0.477 e. The van der Waals surface area contributed by atoms with Crippen molar-refractivity contribution in [2.75, 3.05) is 12.9 Å². The Kier molecular flexibility index (Phi) is 5.41. The standard InChI is InChI=1S/C17H18N2O6S2/c1-9(20)6-10-8-27-16-17(25-2,15(24)19(16)13(10)14(22)23)18-12(21)7-11-4-3-5-26-11/h3-5,16H,6-8H2,1-2H3,(H,18,21)(H,22,23)/t16?,17-/m0/s1. The molecule has 2 N–H and O–H groups in total. The number of thioether (sulfide) groups is 1. The summed E-state index contributed by atoms with van der Waals surface area (Å²) >= 11 is 2.69. The van der Waals surface area contributed by atoms with Gasteiger partial charge in [-0.05, 0) is 23.9 Å². The van der Waals surface area contributed by atoms with Crippen molar-refractivity contribution in [1.82, 2.24) is 10.2 Å². The highest BCUT2D eigenvalue weighted by Gasteiger charge is 2.66. The van der Waals surface area contributed by atoms with E-state index in [0.717, 1.165) is 9.78 Å². The lowest BCUT2D eigenvalue weighted by Crippen LogP contribution is -2.80. The molecule has 1 aromatic heterocycles. The number of amides is 2. The third-order valence-corrected chi connectivity index (χ3v) is 6.59. The molecular formula is C17H18N2O6S2. The molecule has 0 saturated carbocycles. The Bertz CT molecular complexity index is 834. The minimum absolute atomic E-state index is 0.0319. The molecule has 1 aromatic rings. The molecule has 1 unspecified atom stereocenters. The van der Waals surface area contributed by atoms with Gasteiger partial charge in [0.2, 0.25) is 5.91 Å². The van der Waals surface area contributed by atoms with Crippen LogP contribution in [-0.4, -0.2) is 57.5 Å². The number of carboxylic acid groups (broad SMARTS) is 1. The van der Waals surface area contributed by atoms with Crippen molar-refractivity contribution in [2.24, 2.45) is 0 Å². The van der Waals surface area contributed by atoms with E-state index in [9.17, 15) is 24.3 Å².